The van der Waals surface area contributed by atoms with Crippen molar-refractivity contribution in [2.24, 2.45) is 5.92 Å². The predicted octanol–water partition coefficient (Wildman–Crippen LogP) is 2.77. The molecule has 0 radical (unpaired) electrons. The van der Waals surface area contributed by atoms with E-state index in [1.807, 2.05) is 48.9 Å². The first-order chi connectivity index (χ1) is 11.6. The van der Waals surface area contributed by atoms with Gasteiger partial charge in [-0.15, -0.1) is 0 Å². The number of urea groups is 1. The summed E-state index contributed by atoms with van der Waals surface area (Å²) in [6, 6.07) is 9.45. The summed E-state index contributed by atoms with van der Waals surface area (Å²) in [5, 5.41) is 19.7. The molecule has 6 heteroatoms. The van der Waals surface area contributed by atoms with Crippen molar-refractivity contribution in [2.45, 2.75) is 39.2 Å². The Morgan fingerprint density at radius 1 is 1.33 bits per heavy atom. The largest absolute Gasteiger partial charge is 0.396 e. The average molecular weight is 328 g/mol. The summed E-state index contributed by atoms with van der Waals surface area (Å²) in [7, 11) is 0. The minimum absolute atomic E-state index is 0.0502. The van der Waals surface area contributed by atoms with Crippen LogP contribution in [0.15, 0.2) is 30.3 Å². The van der Waals surface area contributed by atoms with Gasteiger partial charge in [0.15, 0.2) is 0 Å². The van der Waals surface area contributed by atoms with Gasteiger partial charge in [-0.05, 0) is 51.0 Å². The number of benzene rings is 1. The van der Waals surface area contributed by atoms with E-state index in [1.165, 1.54) is 0 Å². The van der Waals surface area contributed by atoms with Crippen LogP contribution in [0, 0.1) is 19.8 Å². The highest BCUT2D eigenvalue weighted by Gasteiger charge is 2.27. The number of aromatic nitrogens is 2. The standard InChI is InChI=1S/C18H24N4O2/c1-12-9-13(2)22(21-12)16-7-4-6-15(10-16)19-18(24)20-17-8-3-5-14(17)11-23/h4,6-7,9-10,14,17,23H,3,5,8,11H2,1-2H3,(H2,19,20,24)/t14-,17-/m0/s1. The Morgan fingerprint density at radius 2 is 2.17 bits per heavy atom. The van der Waals surface area contributed by atoms with E-state index in [4.69, 9.17) is 0 Å². The summed E-state index contributed by atoms with van der Waals surface area (Å²) < 4.78 is 1.86. The molecule has 0 spiro atoms. The SMILES string of the molecule is Cc1cc(C)n(-c2cccc(NC(=O)N[C@H]3CCC[C@H]3CO)c2)n1. The number of hydrogen-bond donors (Lipinski definition) is 3. The van der Waals surface area contributed by atoms with E-state index in [-0.39, 0.29) is 24.6 Å². The van der Waals surface area contributed by atoms with Crippen molar-refractivity contribution in [2.75, 3.05) is 11.9 Å². The Hall–Kier alpha value is -2.34. The van der Waals surface area contributed by atoms with Gasteiger partial charge in [-0.1, -0.05) is 12.5 Å². The van der Waals surface area contributed by atoms with E-state index in [2.05, 4.69) is 15.7 Å². The Kier molecular flexibility index (Phi) is 4.85. The molecule has 3 N–H and O–H groups in total. The number of nitrogens with zero attached hydrogens (tertiary/aromatic N) is 2. The predicted molar refractivity (Wildman–Crippen MR) is 93.4 cm³/mol. The van der Waals surface area contributed by atoms with Crippen LogP contribution in [0.1, 0.15) is 30.7 Å². The highest BCUT2D eigenvalue weighted by Crippen LogP contribution is 2.25. The number of anilines is 1. The smallest absolute Gasteiger partial charge is 0.319 e. The van der Waals surface area contributed by atoms with Crippen LogP contribution in [0.25, 0.3) is 5.69 Å². The van der Waals surface area contributed by atoms with Gasteiger partial charge in [-0.3, -0.25) is 0 Å². The molecule has 1 aliphatic carbocycles. The molecule has 2 aromatic rings. The van der Waals surface area contributed by atoms with Gasteiger partial charge in [-0.25, -0.2) is 9.48 Å². The lowest BCUT2D eigenvalue weighted by Gasteiger charge is -2.19. The molecule has 1 aromatic carbocycles. The Balaban J connectivity index is 1.68. The van der Waals surface area contributed by atoms with Gasteiger partial charge in [-0.2, -0.15) is 5.10 Å². The molecule has 1 heterocycles. The molecule has 24 heavy (non-hydrogen) atoms. The first-order valence-corrected chi connectivity index (χ1v) is 8.39. The van der Waals surface area contributed by atoms with Gasteiger partial charge in [0.1, 0.15) is 0 Å². The number of carbonyl (C=O) groups excluding carboxylic acids is 1. The number of aryl methyl sites for hydroxylation is 2. The van der Waals surface area contributed by atoms with E-state index in [9.17, 15) is 9.90 Å². The number of carbonyl (C=O) groups is 1. The molecule has 128 valence electrons. The van der Waals surface area contributed by atoms with Crippen molar-refractivity contribution in [1.82, 2.24) is 15.1 Å². The lowest BCUT2D eigenvalue weighted by atomic mass is 10.1. The van der Waals surface area contributed by atoms with E-state index in [1.54, 1.807) is 0 Å². The summed E-state index contributed by atoms with van der Waals surface area (Å²) in [6.45, 7) is 4.08. The van der Waals surface area contributed by atoms with Crippen molar-refractivity contribution < 1.29 is 9.90 Å². The molecule has 6 nitrogen and oxygen atoms in total. The van der Waals surface area contributed by atoms with Crippen molar-refractivity contribution in [1.29, 1.82) is 0 Å². The molecule has 2 amide bonds. The number of aliphatic hydroxyl groups excluding tert-OH is 1. The van der Waals surface area contributed by atoms with Crippen LogP contribution >= 0.6 is 0 Å². The van der Waals surface area contributed by atoms with Crippen LogP contribution in [-0.2, 0) is 0 Å². The first kappa shape index (κ1) is 16.5. The maximum absolute atomic E-state index is 12.2. The molecule has 1 fully saturated rings. The molecule has 0 unspecified atom stereocenters. The molecule has 3 rings (SSSR count). The van der Waals surface area contributed by atoms with Gasteiger partial charge < -0.3 is 15.7 Å². The number of nitrogens with one attached hydrogen (secondary N) is 2. The molecular formula is C18H24N4O2. The topological polar surface area (TPSA) is 79.2 Å². The molecular weight excluding hydrogens is 304 g/mol. The quantitative estimate of drug-likeness (QED) is 0.807. The Bertz CT molecular complexity index is 726. The van der Waals surface area contributed by atoms with Crippen molar-refractivity contribution >= 4 is 11.7 Å². The van der Waals surface area contributed by atoms with Gasteiger partial charge in [0, 0.05) is 29.9 Å². The van der Waals surface area contributed by atoms with E-state index in [0.29, 0.717) is 0 Å². The van der Waals surface area contributed by atoms with E-state index in [0.717, 1.165) is 42.0 Å². The van der Waals surface area contributed by atoms with Crippen molar-refractivity contribution in [3.63, 3.8) is 0 Å². The fourth-order valence-corrected chi connectivity index (χ4v) is 3.39. The average Bonchev–Trinajstić information content (AvgIpc) is 3.13. The molecule has 0 bridgehead atoms. The monoisotopic (exact) mass is 328 g/mol. The van der Waals surface area contributed by atoms with E-state index < -0.39 is 0 Å². The lowest BCUT2D eigenvalue weighted by Crippen LogP contribution is -2.41. The van der Waals surface area contributed by atoms with Crippen molar-refractivity contribution in [3.05, 3.63) is 41.7 Å². The summed E-state index contributed by atoms with van der Waals surface area (Å²) in [5.74, 6) is 0.164. The Labute approximate surface area is 141 Å². The lowest BCUT2D eigenvalue weighted by molar-refractivity contribution is 0.203. The van der Waals surface area contributed by atoms with Gasteiger partial charge in [0.2, 0.25) is 0 Å². The van der Waals surface area contributed by atoms with Gasteiger partial charge in [0.25, 0.3) is 0 Å². The van der Waals surface area contributed by atoms with Crippen LogP contribution in [-0.4, -0.2) is 33.6 Å². The van der Waals surface area contributed by atoms with Crippen molar-refractivity contribution in [3.8, 4) is 5.69 Å². The fraction of sp³-hybridized carbons (Fsp3) is 0.444. The second kappa shape index (κ2) is 7.05. The zero-order valence-corrected chi connectivity index (χ0v) is 14.1. The minimum Gasteiger partial charge on any atom is -0.396 e. The second-order valence-corrected chi connectivity index (χ2v) is 6.47. The van der Waals surface area contributed by atoms with Crippen LogP contribution in [0.4, 0.5) is 10.5 Å². The summed E-state index contributed by atoms with van der Waals surface area (Å²) in [4.78, 5) is 12.2. The molecule has 0 saturated heterocycles. The van der Waals surface area contributed by atoms with Crippen LogP contribution in [0.3, 0.4) is 0 Å². The maximum Gasteiger partial charge on any atom is 0.319 e. The normalized spacial score (nSPS) is 20.1. The van der Waals surface area contributed by atoms with E-state index >= 15 is 0 Å². The number of hydrogen-bond acceptors (Lipinski definition) is 3. The second-order valence-electron chi connectivity index (χ2n) is 6.47. The number of amides is 2. The molecule has 2 atom stereocenters. The Morgan fingerprint density at radius 3 is 2.88 bits per heavy atom. The summed E-state index contributed by atoms with van der Waals surface area (Å²) in [6.07, 6.45) is 2.93. The number of aliphatic hydroxyl groups is 1. The van der Waals surface area contributed by atoms with Gasteiger partial charge >= 0.3 is 6.03 Å². The zero-order chi connectivity index (χ0) is 17.1. The summed E-state index contributed by atoms with van der Waals surface area (Å²) >= 11 is 0. The van der Waals surface area contributed by atoms with Crippen LogP contribution in [0.5, 0.6) is 0 Å². The van der Waals surface area contributed by atoms with Crippen LogP contribution < -0.4 is 10.6 Å². The third-order valence-corrected chi connectivity index (χ3v) is 4.57. The third-order valence-electron chi connectivity index (χ3n) is 4.57. The third kappa shape index (κ3) is 3.59. The number of rotatable bonds is 4. The van der Waals surface area contributed by atoms with Gasteiger partial charge in [0.05, 0.1) is 11.4 Å². The fourth-order valence-electron chi connectivity index (χ4n) is 3.39. The highest BCUT2D eigenvalue weighted by atomic mass is 16.3. The minimum atomic E-state index is -0.231. The molecule has 1 aliphatic rings. The first-order valence-electron chi connectivity index (χ1n) is 8.39. The summed E-state index contributed by atoms with van der Waals surface area (Å²) in [5.41, 5.74) is 3.63. The maximum atomic E-state index is 12.2. The molecule has 1 aromatic heterocycles. The zero-order valence-electron chi connectivity index (χ0n) is 14.1. The highest BCUT2D eigenvalue weighted by molar-refractivity contribution is 5.89. The molecule has 1 saturated carbocycles. The van der Waals surface area contributed by atoms with Crippen LogP contribution in [0.2, 0.25) is 0 Å². The molecule has 0 aliphatic heterocycles.